The Morgan fingerprint density at radius 1 is 1.44 bits per heavy atom. The second kappa shape index (κ2) is 7.01. The third kappa shape index (κ3) is 7.09. The summed E-state index contributed by atoms with van der Waals surface area (Å²) in [5.74, 6) is 0.857. The number of nitrogens with one attached hydrogen (secondary N) is 1. The van der Waals surface area contributed by atoms with Crippen molar-refractivity contribution in [3.8, 4) is 5.75 Å². The van der Waals surface area contributed by atoms with E-state index in [2.05, 4.69) is 0 Å². The fourth-order valence-electron chi connectivity index (χ4n) is 0.880. The van der Waals surface area contributed by atoms with E-state index in [-0.39, 0.29) is 5.96 Å². The Balaban J connectivity index is 0.000000487. The van der Waals surface area contributed by atoms with Crippen LogP contribution < -0.4 is 15.8 Å². The summed E-state index contributed by atoms with van der Waals surface area (Å²) >= 11 is 0. The molecule has 0 amide bonds. The maximum atomic E-state index is 8.25. The molecule has 0 spiro atoms. The lowest BCUT2D eigenvalue weighted by atomic mass is 10.3. The Labute approximate surface area is 91.3 Å². The van der Waals surface area contributed by atoms with Gasteiger partial charge in [0.05, 0.1) is 12.2 Å². The fourth-order valence-corrected chi connectivity index (χ4v) is 0.880. The molecule has 0 radical (unpaired) electrons. The van der Waals surface area contributed by atoms with Crippen LogP contribution in [0.15, 0.2) is 24.3 Å². The molecule has 5 N–H and O–H groups in total. The number of ether oxygens (including phenoxy) is 1. The molecule has 88 valence electrons. The van der Waals surface area contributed by atoms with Crippen molar-refractivity contribution in [1.82, 2.24) is 0 Å². The van der Waals surface area contributed by atoms with E-state index in [4.69, 9.17) is 31.2 Å². The summed E-state index contributed by atoms with van der Waals surface area (Å²) in [6.45, 7) is 0. The average Bonchev–Trinajstić information content (AvgIpc) is 2.17. The van der Waals surface area contributed by atoms with Crippen LogP contribution in [0, 0.1) is 20.7 Å². The van der Waals surface area contributed by atoms with Crippen molar-refractivity contribution in [3.05, 3.63) is 39.6 Å². The van der Waals surface area contributed by atoms with Crippen LogP contribution in [0.1, 0.15) is 0 Å². The summed E-state index contributed by atoms with van der Waals surface area (Å²) in [7, 11) is 1.61. The lowest BCUT2D eigenvalue weighted by Gasteiger charge is -1.99. The van der Waals surface area contributed by atoms with E-state index in [1.54, 1.807) is 12.4 Å². The van der Waals surface area contributed by atoms with E-state index in [1.807, 2.05) is 24.3 Å². The van der Waals surface area contributed by atoms with E-state index < -0.39 is 5.09 Å². The molecule has 0 bridgehead atoms. The van der Waals surface area contributed by atoms with Crippen LogP contribution >= 0.6 is 0 Å². The van der Waals surface area contributed by atoms with Gasteiger partial charge in [-0.3, -0.25) is 5.32 Å². The lowest BCUT2D eigenvalue weighted by Crippen LogP contribution is -2.84. The Morgan fingerprint density at radius 2 is 1.88 bits per heavy atom. The van der Waals surface area contributed by atoms with Crippen molar-refractivity contribution < 1.29 is 15.1 Å². The molecule has 0 aromatic heterocycles. The zero-order valence-corrected chi connectivity index (χ0v) is 8.54. The predicted molar refractivity (Wildman–Crippen MR) is 56.9 cm³/mol. The molecular weight excluding hydrogens is 216 g/mol. The molecule has 1 aromatic carbocycles. The highest BCUT2D eigenvalue weighted by Crippen LogP contribution is 2.10. The number of nitrogens with two attached hydrogens (primary N) is 2. The van der Waals surface area contributed by atoms with Gasteiger partial charge in [0, 0.05) is 12.1 Å². The van der Waals surface area contributed by atoms with Gasteiger partial charge in [0.25, 0.3) is 5.96 Å². The summed E-state index contributed by atoms with van der Waals surface area (Å²) < 4.78 is 4.98. The molecule has 0 unspecified atom stereocenters. The number of hydrogen-bond acceptors (Lipinski definition) is 5. The molecule has 1 aromatic rings. The number of hydrogen-bond donors (Lipinski definition) is 3. The minimum Gasteiger partial charge on any atom is -0.497 e. The van der Waals surface area contributed by atoms with Crippen LogP contribution in [-0.4, -0.2) is 18.2 Å². The molecule has 8 nitrogen and oxygen atoms in total. The molecule has 8 heteroatoms. The van der Waals surface area contributed by atoms with E-state index in [0.717, 1.165) is 11.4 Å². The SMILES string of the molecule is COc1ccc([NH2+]C(=N)N)cc1.O=[N+]([O-])[O-]. The van der Waals surface area contributed by atoms with Crippen molar-refractivity contribution in [2.24, 2.45) is 5.73 Å². The standard InChI is InChI=1S/C8H11N3O.NO3/c1-12-7-4-2-6(3-5-7)11-8(9)10;2-1(3)4/h2-5H,1H3,(H4,9,10,11);/q;-1/p+1. The molecule has 0 fully saturated rings. The third-order valence-corrected chi connectivity index (χ3v) is 1.44. The van der Waals surface area contributed by atoms with Crippen molar-refractivity contribution >= 4 is 11.6 Å². The van der Waals surface area contributed by atoms with Gasteiger partial charge >= 0.3 is 0 Å². The van der Waals surface area contributed by atoms with Gasteiger partial charge in [-0.2, -0.15) is 0 Å². The highest BCUT2D eigenvalue weighted by Gasteiger charge is 1.98. The van der Waals surface area contributed by atoms with Crippen LogP contribution in [0.4, 0.5) is 5.69 Å². The van der Waals surface area contributed by atoms with E-state index in [9.17, 15) is 0 Å². The van der Waals surface area contributed by atoms with Crippen LogP contribution in [0.3, 0.4) is 0 Å². The lowest BCUT2D eigenvalue weighted by molar-refractivity contribution is -0.447. The van der Waals surface area contributed by atoms with E-state index in [0.29, 0.717) is 0 Å². The first-order valence-electron chi connectivity index (χ1n) is 4.10. The minimum absolute atomic E-state index is 0.0557. The van der Waals surface area contributed by atoms with Crippen LogP contribution in [0.25, 0.3) is 0 Å². The summed E-state index contributed by atoms with van der Waals surface area (Å²) in [6.07, 6.45) is 0. The van der Waals surface area contributed by atoms with Gasteiger partial charge < -0.3 is 25.8 Å². The first-order valence-corrected chi connectivity index (χ1v) is 4.10. The van der Waals surface area contributed by atoms with Gasteiger partial charge in [-0.25, -0.2) is 5.41 Å². The number of quaternary nitrogens is 1. The van der Waals surface area contributed by atoms with Crippen LogP contribution in [-0.2, 0) is 0 Å². The molecule has 0 aliphatic carbocycles. The Morgan fingerprint density at radius 3 is 2.19 bits per heavy atom. The monoisotopic (exact) mass is 228 g/mol. The average molecular weight is 228 g/mol. The van der Waals surface area contributed by atoms with Crippen LogP contribution in [0.5, 0.6) is 5.75 Å². The molecule has 0 saturated carbocycles. The van der Waals surface area contributed by atoms with Gasteiger partial charge in [0.2, 0.25) is 0 Å². The largest absolute Gasteiger partial charge is 0.497 e. The summed E-state index contributed by atoms with van der Waals surface area (Å²) in [5.41, 5.74) is 6.10. The molecule has 0 saturated heterocycles. The first kappa shape index (κ1) is 13.7. The van der Waals surface area contributed by atoms with Crippen molar-refractivity contribution in [2.45, 2.75) is 0 Å². The quantitative estimate of drug-likeness (QED) is 0.206. The Kier molecular flexibility index (Phi) is 5.98. The highest BCUT2D eigenvalue weighted by molar-refractivity contribution is 5.66. The number of methoxy groups -OCH3 is 1. The Hall–Kier alpha value is -2.35. The van der Waals surface area contributed by atoms with Crippen molar-refractivity contribution in [3.63, 3.8) is 0 Å². The van der Waals surface area contributed by atoms with Gasteiger partial charge in [-0.15, -0.1) is 0 Å². The first-order chi connectivity index (χ1) is 7.45. The zero-order valence-electron chi connectivity index (χ0n) is 8.54. The normalized spacial score (nSPS) is 8.56. The molecule has 0 heterocycles. The number of benzene rings is 1. The molecule has 1 rings (SSSR count). The van der Waals surface area contributed by atoms with Gasteiger partial charge in [0.15, 0.2) is 0 Å². The molecular formula is C8H12N4O4. The topological polar surface area (TPSA) is 142 Å². The second-order valence-electron chi connectivity index (χ2n) is 2.60. The zero-order chi connectivity index (χ0) is 12.6. The highest BCUT2D eigenvalue weighted by atomic mass is 16.9. The third-order valence-electron chi connectivity index (χ3n) is 1.44. The summed E-state index contributed by atoms with van der Waals surface area (Å²) in [5, 5.41) is 23.4. The number of guanidine groups is 1. The maximum Gasteiger partial charge on any atom is 0.293 e. The summed E-state index contributed by atoms with van der Waals surface area (Å²) in [6, 6.07) is 7.35. The molecule has 0 atom stereocenters. The second-order valence-corrected chi connectivity index (χ2v) is 2.60. The van der Waals surface area contributed by atoms with Crippen molar-refractivity contribution in [2.75, 3.05) is 7.11 Å². The van der Waals surface area contributed by atoms with Gasteiger partial charge in [-0.05, 0) is 12.1 Å². The predicted octanol–water partition coefficient (Wildman–Crippen LogP) is -0.456. The number of nitrogens with zero attached hydrogens (tertiary/aromatic N) is 1. The molecule has 16 heavy (non-hydrogen) atoms. The van der Waals surface area contributed by atoms with Crippen LogP contribution in [0.2, 0.25) is 0 Å². The maximum absolute atomic E-state index is 8.25. The van der Waals surface area contributed by atoms with E-state index >= 15 is 0 Å². The molecule has 0 aliphatic rings. The van der Waals surface area contributed by atoms with Gasteiger partial charge in [-0.1, -0.05) is 0 Å². The fraction of sp³-hybridized carbons (Fsp3) is 0.125. The molecule has 0 aliphatic heterocycles. The smallest absolute Gasteiger partial charge is 0.293 e. The minimum atomic E-state index is -1.75. The van der Waals surface area contributed by atoms with E-state index in [1.165, 1.54) is 0 Å². The summed E-state index contributed by atoms with van der Waals surface area (Å²) in [4.78, 5) is 8.25. The van der Waals surface area contributed by atoms with Gasteiger partial charge in [0.1, 0.15) is 11.4 Å². The number of rotatable bonds is 2. The Bertz CT molecular complexity index is 348. The van der Waals surface area contributed by atoms with Crippen molar-refractivity contribution in [1.29, 1.82) is 5.41 Å².